The zero-order valence-corrected chi connectivity index (χ0v) is 11.1. The number of hydrogen-bond donors (Lipinski definition) is 1. The number of ether oxygens (including phenoxy) is 1. The molecule has 1 aromatic heterocycles. The van der Waals surface area contributed by atoms with E-state index in [0.717, 1.165) is 24.5 Å². The highest BCUT2D eigenvalue weighted by molar-refractivity contribution is 7.99. The first-order valence-electron chi connectivity index (χ1n) is 6.00. The Bertz CT molecular complexity index is 336. The van der Waals surface area contributed by atoms with Gasteiger partial charge in [-0.05, 0) is 5.92 Å². The maximum absolute atomic E-state index is 6.05. The van der Waals surface area contributed by atoms with Crippen molar-refractivity contribution in [1.82, 2.24) is 10.1 Å². The lowest BCUT2D eigenvalue weighted by Gasteiger charge is -2.18. The summed E-state index contributed by atoms with van der Waals surface area (Å²) in [6, 6.07) is -0.183. The zero-order chi connectivity index (χ0) is 12.3. The lowest BCUT2D eigenvalue weighted by molar-refractivity contribution is 0.0677. The number of nitrogens with zero attached hydrogens (tertiary/aromatic N) is 2. The minimum absolute atomic E-state index is 0.0459. The Kier molecular flexibility index (Phi) is 4.42. The molecule has 3 atom stereocenters. The Hall–Kier alpha value is -0.590. The summed E-state index contributed by atoms with van der Waals surface area (Å²) in [7, 11) is 0. The SMILES string of the molecule is CC[C@H](C)[C@H](N)c1nc(C2CSCCO2)no1. The molecule has 6 heteroatoms. The standard InChI is InChI=1S/C11H19N3O2S/c1-3-7(2)9(12)11-13-10(14-16-11)8-6-17-5-4-15-8/h7-9H,3-6,12H2,1-2H3/t7-,8?,9-/m0/s1. The summed E-state index contributed by atoms with van der Waals surface area (Å²) in [6.07, 6.45) is 0.949. The Labute approximate surface area is 105 Å². The smallest absolute Gasteiger partial charge is 0.243 e. The Balaban J connectivity index is 2.04. The lowest BCUT2D eigenvalue weighted by atomic mass is 10.0. The van der Waals surface area contributed by atoms with E-state index in [2.05, 4.69) is 24.0 Å². The molecule has 0 radical (unpaired) electrons. The number of rotatable bonds is 4. The van der Waals surface area contributed by atoms with Crippen LogP contribution in [0.2, 0.25) is 0 Å². The van der Waals surface area contributed by atoms with Crippen molar-refractivity contribution in [2.24, 2.45) is 11.7 Å². The topological polar surface area (TPSA) is 74.2 Å². The highest BCUT2D eigenvalue weighted by Crippen LogP contribution is 2.26. The number of thioether (sulfide) groups is 1. The summed E-state index contributed by atoms with van der Waals surface area (Å²) in [6.45, 7) is 4.93. The van der Waals surface area contributed by atoms with Crippen LogP contribution in [0.15, 0.2) is 4.52 Å². The summed E-state index contributed by atoms with van der Waals surface area (Å²) in [5, 5.41) is 3.97. The normalized spacial score (nSPS) is 24.5. The van der Waals surface area contributed by atoms with Gasteiger partial charge in [-0.1, -0.05) is 25.4 Å². The molecule has 1 aromatic rings. The summed E-state index contributed by atoms with van der Waals surface area (Å²) in [4.78, 5) is 4.36. The summed E-state index contributed by atoms with van der Waals surface area (Å²) in [5.41, 5.74) is 6.05. The first-order chi connectivity index (χ1) is 8.22. The van der Waals surface area contributed by atoms with Crippen LogP contribution in [0.3, 0.4) is 0 Å². The average Bonchev–Trinajstić information content (AvgIpc) is 2.87. The van der Waals surface area contributed by atoms with Crippen molar-refractivity contribution in [2.75, 3.05) is 18.1 Å². The van der Waals surface area contributed by atoms with E-state index in [1.807, 2.05) is 11.8 Å². The maximum atomic E-state index is 6.05. The lowest BCUT2D eigenvalue weighted by Crippen LogP contribution is -2.20. The molecule has 2 rings (SSSR count). The molecule has 2 N–H and O–H groups in total. The van der Waals surface area contributed by atoms with Gasteiger partial charge in [0.05, 0.1) is 12.6 Å². The van der Waals surface area contributed by atoms with Gasteiger partial charge in [-0.25, -0.2) is 0 Å². The minimum Gasteiger partial charge on any atom is -0.368 e. The van der Waals surface area contributed by atoms with Crippen LogP contribution in [0.1, 0.15) is 44.1 Å². The van der Waals surface area contributed by atoms with Gasteiger partial charge < -0.3 is 15.0 Å². The molecule has 96 valence electrons. The molecule has 0 spiro atoms. The number of hydrogen-bond acceptors (Lipinski definition) is 6. The van der Waals surface area contributed by atoms with Crippen LogP contribution in [0, 0.1) is 5.92 Å². The molecular formula is C11H19N3O2S. The fourth-order valence-electron chi connectivity index (χ4n) is 1.65. The third kappa shape index (κ3) is 3.00. The molecule has 0 aliphatic carbocycles. The average molecular weight is 257 g/mol. The molecule has 0 saturated carbocycles. The molecule has 17 heavy (non-hydrogen) atoms. The van der Waals surface area contributed by atoms with E-state index in [1.165, 1.54) is 0 Å². The molecule has 1 aliphatic rings. The van der Waals surface area contributed by atoms with Crippen LogP contribution in [0.5, 0.6) is 0 Å². The Morgan fingerprint density at radius 2 is 2.41 bits per heavy atom. The third-order valence-electron chi connectivity index (χ3n) is 3.10. The van der Waals surface area contributed by atoms with Crippen molar-refractivity contribution in [3.05, 3.63) is 11.7 Å². The van der Waals surface area contributed by atoms with E-state index in [9.17, 15) is 0 Å². The molecule has 0 bridgehead atoms. The van der Waals surface area contributed by atoms with Gasteiger partial charge in [-0.15, -0.1) is 0 Å². The van der Waals surface area contributed by atoms with Gasteiger partial charge in [0.25, 0.3) is 0 Å². The van der Waals surface area contributed by atoms with Crippen LogP contribution in [-0.2, 0) is 4.74 Å². The molecule has 1 aliphatic heterocycles. The fourth-order valence-corrected chi connectivity index (χ4v) is 2.49. The Morgan fingerprint density at radius 3 is 3.06 bits per heavy atom. The molecule has 1 unspecified atom stereocenters. The number of nitrogens with two attached hydrogens (primary N) is 1. The van der Waals surface area contributed by atoms with Crippen molar-refractivity contribution in [3.63, 3.8) is 0 Å². The maximum Gasteiger partial charge on any atom is 0.243 e. The van der Waals surface area contributed by atoms with Crippen LogP contribution in [0.4, 0.5) is 0 Å². The van der Waals surface area contributed by atoms with Gasteiger partial charge in [0.15, 0.2) is 0 Å². The highest BCUT2D eigenvalue weighted by atomic mass is 32.2. The van der Waals surface area contributed by atoms with Crippen LogP contribution in [0.25, 0.3) is 0 Å². The van der Waals surface area contributed by atoms with Gasteiger partial charge in [0.1, 0.15) is 6.10 Å². The molecule has 0 amide bonds. The first-order valence-corrected chi connectivity index (χ1v) is 7.16. The van der Waals surface area contributed by atoms with E-state index >= 15 is 0 Å². The van der Waals surface area contributed by atoms with Gasteiger partial charge in [-0.3, -0.25) is 0 Å². The van der Waals surface area contributed by atoms with Gasteiger partial charge in [0, 0.05) is 11.5 Å². The van der Waals surface area contributed by atoms with E-state index in [4.69, 9.17) is 15.0 Å². The van der Waals surface area contributed by atoms with Crippen molar-refractivity contribution in [2.45, 2.75) is 32.4 Å². The molecule has 1 fully saturated rings. The van der Waals surface area contributed by atoms with Crippen LogP contribution < -0.4 is 5.73 Å². The van der Waals surface area contributed by atoms with Crippen molar-refractivity contribution in [1.29, 1.82) is 0 Å². The Morgan fingerprint density at radius 1 is 1.59 bits per heavy atom. The molecule has 5 nitrogen and oxygen atoms in total. The molecule has 0 aromatic carbocycles. The van der Waals surface area contributed by atoms with E-state index in [-0.39, 0.29) is 12.1 Å². The second-order valence-corrected chi connectivity index (χ2v) is 5.49. The van der Waals surface area contributed by atoms with Crippen molar-refractivity contribution in [3.8, 4) is 0 Å². The molecule has 1 saturated heterocycles. The zero-order valence-electron chi connectivity index (χ0n) is 10.3. The monoisotopic (exact) mass is 257 g/mol. The molecule has 2 heterocycles. The van der Waals surface area contributed by atoms with Crippen LogP contribution in [-0.4, -0.2) is 28.3 Å². The second-order valence-electron chi connectivity index (χ2n) is 4.34. The minimum atomic E-state index is -0.183. The second kappa shape index (κ2) is 5.84. The van der Waals surface area contributed by atoms with Crippen molar-refractivity contribution >= 4 is 11.8 Å². The largest absolute Gasteiger partial charge is 0.368 e. The van der Waals surface area contributed by atoms with E-state index in [1.54, 1.807) is 0 Å². The quantitative estimate of drug-likeness (QED) is 0.888. The van der Waals surface area contributed by atoms with E-state index in [0.29, 0.717) is 17.6 Å². The van der Waals surface area contributed by atoms with Crippen LogP contribution >= 0.6 is 11.8 Å². The number of aromatic nitrogens is 2. The van der Waals surface area contributed by atoms with Gasteiger partial charge >= 0.3 is 0 Å². The fraction of sp³-hybridized carbons (Fsp3) is 0.818. The first kappa shape index (κ1) is 12.9. The predicted octanol–water partition coefficient (Wildman–Crippen LogP) is 1.92. The summed E-state index contributed by atoms with van der Waals surface area (Å²) in [5.74, 6) is 3.41. The summed E-state index contributed by atoms with van der Waals surface area (Å²) < 4.78 is 10.8. The third-order valence-corrected chi connectivity index (χ3v) is 4.10. The highest BCUT2D eigenvalue weighted by Gasteiger charge is 2.25. The van der Waals surface area contributed by atoms with E-state index < -0.39 is 0 Å². The van der Waals surface area contributed by atoms with Gasteiger partial charge in [-0.2, -0.15) is 16.7 Å². The van der Waals surface area contributed by atoms with Gasteiger partial charge in [0.2, 0.25) is 11.7 Å². The predicted molar refractivity (Wildman–Crippen MR) is 66.7 cm³/mol. The summed E-state index contributed by atoms with van der Waals surface area (Å²) >= 11 is 1.85. The van der Waals surface area contributed by atoms with Crippen molar-refractivity contribution < 1.29 is 9.26 Å². The molecular weight excluding hydrogens is 238 g/mol.